The highest BCUT2D eigenvalue weighted by Gasteiger charge is 2.35. The molecule has 0 radical (unpaired) electrons. The normalized spacial score (nSPS) is 18.4. The Morgan fingerprint density at radius 1 is 1.44 bits per heavy atom. The summed E-state index contributed by atoms with van der Waals surface area (Å²) in [5, 5.41) is 9.09. The summed E-state index contributed by atoms with van der Waals surface area (Å²) in [6.45, 7) is 1.89. The summed E-state index contributed by atoms with van der Waals surface area (Å²) in [4.78, 5) is 22.7. The van der Waals surface area contributed by atoms with E-state index in [2.05, 4.69) is 0 Å². The van der Waals surface area contributed by atoms with Crippen molar-refractivity contribution in [3.8, 4) is 0 Å². The zero-order chi connectivity index (χ0) is 13.1. The molecule has 4 nitrogen and oxygen atoms in total. The molecule has 1 aromatic carbocycles. The molecule has 0 heterocycles. The molecule has 1 aliphatic carbocycles. The van der Waals surface area contributed by atoms with Gasteiger partial charge >= 0.3 is 11.9 Å². The summed E-state index contributed by atoms with van der Waals surface area (Å²) in [7, 11) is 0. The van der Waals surface area contributed by atoms with Crippen LogP contribution in [0.4, 0.5) is 0 Å². The molecule has 2 atom stereocenters. The minimum absolute atomic E-state index is 0.159. The van der Waals surface area contributed by atoms with Gasteiger partial charge in [-0.3, -0.25) is 9.59 Å². The van der Waals surface area contributed by atoms with Crippen molar-refractivity contribution in [2.24, 2.45) is 5.92 Å². The molecule has 0 saturated heterocycles. The van der Waals surface area contributed by atoms with Gasteiger partial charge in [-0.1, -0.05) is 24.3 Å². The minimum Gasteiger partial charge on any atom is -0.481 e. The van der Waals surface area contributed by atoms with Gasteiger partial charge < -0.3 is 9.84 Å². The molecule has 0 amide bonds. The van der Waals surface area contributed by atoms with Crippen LogP contribution in [0.3, 0.4) is 0 Å². The molecule has 96 valence electrons. The molecular formula is C14H16O4. The van der Waals surface area contributed by atoms with Crippen LogP contribution in [0.2, 0.25) is 0 Å². The van der Waals surface area contributed by atoms with E-state index in [1.165, 1.54) is 5.56 Å². The molecule has 2 unspecified atom stereocenters. The molecule has 1 N–H and O–H groups in total. The van der Waals surface area contributed by atoms with E-state index in [1.54, 1.807) is 6.92 Å². The SMILES string of the molecule is CCOC(=O)C(CC1Cc2ccccc21)C(=O)O. The van der Waals surface area contributed by atoms with Gasteiger partial charge in [-0.2, -0.15) is 0 Å². The highest BCUT2D eigenvalue weighted by Crippen LogP contribution is 2.39. The number of fused-ring (bicyclic) bond motifs is 1. The van der Waals surface area contributed by atoms with E-state index in [4.69, 9.17) is 9.84 Å². The summed E-state index contributed by atoms with van der Waals surface area (Å²) in [6.07, 6.45) is 1.17. The maximum atomic E-state index is 11.6. The van der Waals surface area contributed by atoms with Gasteiger partial charge in [-0.05, 0) is 36.8 Å². The highest BCUT2D eigenvalue weighted by atomic mass is 16.5. The van der Waals surface area contributed by atoms with Crippen LogP contribution in [-0.4, -0.2) is 23.7 Å². The van der Waals surface area contributed by atoms with Gasteiger partial charge in [0.15, 0.2) is 5.92 Å². The van der Waals surface area contributed by atoms with E-state index in [0.29, 0.717) is 6.42 Å². The third kappa shape index (κ3) is 2.37. The number of ether oxygens (including phenoxy) is 1. The fourth-order valence-corrected chi connectivity index (χ4v) is 2.40. The van der Waals surface area contributed by atoms with Crippen LogP contribution in [0, 0.1) is 5.92 Å². The topological polar surface area (TPSA) is 63.6 Å². The van der Waals surface area contributed by atoms with Gasteiger partial charge in [0.1, 0.15) is 0 Å². The first-order valence-electron chi connectivity index (χ1n) is 6.10. The summed E-state index contributed by atoms with van der Waals surface area (Å²) in [5.41, 5.74) is 2.41. The lowest BCUT2D eigenvalue weighted by molar-refractivity contribution is -0.158. The van der Waals surface area contributed by atoms with Crippen LogP contribution in [0.25, 0.3) is 0 Å². The van der Waals surface area contributed by atoms with E-state index in [1.807, 2.05) is 24.3 Å². The number of carbonyl (C=O) groups excluding carboxylic acids is 1. The van der Waals surface area contributed by atoms with Gasteiger partial charge in [0, 0.05) is 0 Å². The first-order chi connectivity index (χ1) is 8.63. The first-order valence-corrected chi connectivity index (χ1v) is 6.10. The molecule has 0 aliphatic heterocycles. The van der Waals surface area contributed by atoms with Crippen molar-refractivity contribution in [2.45, 2.75) is 25.7 Å². The number of aliphatic carboxylic acids is 1. The Labute approximate surface area is 106 Å². The summed E-state index contributed by atoms with van der Waals surface area (Å²) in [5.74, 6) is -2.62. The Hall–Kier alpha value is -1.84. The van der Waals surface area contributed by atoms with Crippen molar-refractivity contribution in [1.82, 2.24) is 0 Å². The van der Waals surface area contributed by atoms with E-state index >= 15 is 0 Å². The second kappa shape index (κ2) is 5.21. The largest absolute Gasteiger partial charge is 0.481 e. The molecule has 1 aromatic rings. The highest BCUT2D eigenvalue weighted by molar-refractivity contribution is 5.94. The second-order valence-corrected chi connectivity index (χ2v) is 4.48. The van der Waals surface area contributed by atoms with Crippen molar-refractivity contribution < 1.29 is 19.4 Å². The van der Waals surface area contributed by atoms with E-state index < -0.39 is 17.9 Å². The fraction of sp³-hybridized carbons (Fsp3) is 0.429. The van der Waals surface area contributed by atoms with Gasteiger partial charge in [-0.15, -0.1) is 0 Å². The lowest BCUT2D eigenvalue weighted by atomic mass is 9.73. The number of rotatable bonds is 5. The van der Waals surface area contributed by atoms with Gasteiger partial charge in [-0.25, -0.2) is 0 Å². The van der Waals surface area contributed by atoms with Crippen molar-refractivity contribution >= 4 is 11.9 Å². The molecule has 0 aromatic heterocycles. The minimum atomic E-state index is -1.10. The maximum Gasteiger partial charge on any atom is 0.320 e. The molecule has 0 spiro atoms. The van der Waals surface area contributed by atoms with Crippen LogP contribution in [-0.2, 0) is 20.7 Å². The van der Waals surface area contributed by atoms with Gasteiger partial charge in [0.05, 0.1) is 6.61 Å². The molecule has 1 aliphatic rings. The number of carboxylic acids is 1. The quantitative estimate of drug-likeness (QED) is 0.639. The monoisotopic (exact) mass is 248 g/mol. The third-order valence-electron chi connectivity index (χ3n) is 3.35. The average Bonchev–Trinajstić information content (AvgIpc) is 2.30. The number of hydrogen-bond acceptors (Lipinski definition) is 3. The Kier molecular flexibility index (Phi) is 3.65. The maximum absolute atomic E-state index is 11.6. The Bertz CT molecular complexity index is 467. The lowest BCUT2D eigenvalue weighted by Crippen LogP contribution is -2.30. The van der Waals surface area contributed by atoms with E-state index in [-0.39, 0.29) is 12.5 Å². The second-order valence-electron chi connectivity index (χ2n) is 4.48. The summed E-state index contributed by atoms with van der Waals surface area (Å²) in [6, 6.07) is 7.93. The lowest BCUT2D eigenvalue weighted by Gasteiger charge is -2.31. The van der Waals surface area contributed by atoms with Crippen molar-refractivity contribution in [3.05, 3.63) is 35.4 Å². The Morgan fingerprint density at radius 2 is 2.17 bits per heavy atom. The molecule has 0 bridgehead atoms. The van der Waals surface area contributed by atoms with Crippen LogP contribution >= 0.6 is 0 Å². The number of hydrogen-bond donors (Lipinski definition) is 1. The predicted octanol–water partition coefficient (Wildman–Crippen LogP) is 1.98. The van der Waals surface area contributed by atoms with Crippen LogP contribution < -0.4 is 0 Å². The molecule has 18 heavy (non-hydrogen) atoms. The smallest absolute Gasteiger partial charge is 0.320 e. The number of esters is 1. The fourth-order valence-electron chi connectivity index (χ4n) is 2.40. The number of carbonyl (C=O) groups is 2. The van der Waals surface area contributed by atoms with Crippen molar-refractivity contribution in [2.75, 3.05) is 6.61 Å². The predicted molar refractivity (Wildman–Crippen MR) is 65.3 cm³/mol. The van der Waals surface area contributed by atoms with E-state index in [9.17, 15) is 9.59 Å². The van der Waals surface area contributed by atoms with Crippen LogP contribution in [0.1, 0.15) is 30.4 Å². The third-order valence-corrected chi connectivity index (χ3v) is 3.35. The van der Waals surface area contributed by atoms with Gasteiger partial charge in [0.25, 0.3) is 0 Å². The first kappa shape index (κ1) is 12.6. The van der Waals surface area contributed by atoms with E-state index in [0.717, 1.165) is 12.0 Å². The molecule has 4 heteroatoms. The Balaban J connectivity index is 2.04. The average molecular weight is 248 g/mol. The van der Waals surface area contributed by atoms with Crippen LogP contribution in [0.5, 0.6) is 0 Å². The zero-order valence-corrected chi connectivity index (χ0v) is 10.3. The van der Waals surface area contributed by atoms with Crippen LogP contribution in [0.15, 0.2) is 24.3 Å². The molecule has 2 rings (SSSR count). The number of benzene rings is 1. The molecule has 0 fully saturated rings. The Morgan fingerprint density at radius 3 is 2.78 bits per heavy atom. The standard InChI is InChI=1S/C14H16O4/c1-2-18-14(17)12(13(15)16)8-10-7-9-5-3-4-6-11(9)10/h3-6,10,12H,2,7-8H2,1H3,(H,15,16). The zero-order valence-electron chi connectivity index (χ0n) is 10.3. The van der Waals surface area contributed by atoms with Crippen molar-refractivity contribution in [1.29, 1.82) is 0 Å². The summed E-state index contributed by atoms with van der Waals surface area (Å²) < 4.78 is 4.80. The van der Waals surface area contributed by atoms with Gasteiger partial charge in [0.2, 0.25) is 0 Å². The molecule has 0 saturated carbocycles. The van der Waals surface area contributed by atoms with Crippen molar-refractivity contribution in [3.63, 3.8) is 0 Å². The molecular weight excluding hydrogens is 232 g/mol. The number of carboxylic acid groups (broad SMARTS) is 1. The summed E-state index contributed by atoms with van der Waals surface area (Å²) >= 11 is 0.